The summed E-state index contributed by atoms with van der Waals surface area (Å²) in [5.74, 6) is -0.351. The van der Waals surface area contributed by atoms with Crippen molar-refractivity contribution in [3.63, 3.8) is 0 Å². The highest BCUT2D eigenvalue weighted by molar-refractivity contribution is 5.97. The number of aromatic amines is 2. The van der Waals surface area contributed by atoms with Crippen LogP contribution in [0.15, 0.2) is 61.3 Å². The number of anilines is 1. The molecule has 4 N–H and O–H groups in total. The van der Waals surface area contributed by atoms with Crippen molar-refractivity contribution in [3.05, 3.63) is 67.1 Å². The maximum atomic E-state index is 14.0. The molecule has 0 aliphatic rings. The van der Waals surface area contributed by atoms with Crippen LogP contribution in [0.2, 0.25) is 0 Å². The highest BCUT2D eigenvalue weighted by Gasteiger charge is 2.18. The molecule has 6 rings (SSSR count). The summed E-state index contributed by atoms with van der Waals surface area (Å²) in [5, 5.41) is 21.0. The minimum absolute atomic E-state index is 0.0841. The highest BCUT2D eigenvalue weighted by atomic mass is 19.1. The number of aromatic nitrogens is 7. The Morgan fingerprint density at radius 1 is 0.975 bits per heavy atom. The zero-order chi connectivity index (χ0) is 28.0. The van der Waals surface area contributed by atoms with E-state index in [-0.39, 0.29) is 17.1 Å². The number of benzene rings is 1. The second-order valence-corrected chi connectivity index (χ2v) is 10.8. The van der Waals surface area contributed by atoms with E-state index in [1.54, 1.807) is 31.0 Å². The van der Waals surface area contributed by atoms with Gasteiger partial charge in [0.25, 0.3) is 0 Å². The first-order valence-electron chi connectivity index (χ1n) is 12.6. The zero-order valence-corrected chi connectivity index (χ0v) is 22.0. The third-order valence-electron chi connectivity index (χ3n) is 6.27. The molecule has 0 atom stereocenters. The number of nitrogens with one attached hydrogen (secondary N) is 3. The molecule has 200 valence electrons. The fourth-order valence-corrected chi connectivity index (χ4v) is 4.58. The van der Waals surface area contributed by atoms with Gasteiger partial charge in [0.1, 0.15) is 17.3 Å². The predicted molar refractivity (Wildman–Crippen MR) is 150 cm³/mol. The SMILES string of the molecule is CC(C)(C)CC(=O)Nc1cncc(-c2cc3c(-c4nc5c(-c6cc(O)cc(F)c6)cncc5[nH]4)n[nH]c3cn2)c1. The van der Waals surface area contributed by atoms with Crippen molar-refractivity contribution in [1.82, 2.24) is 35.1 Å². The summed E-state index contributed by atoms with van der Waals surface area (Å²) in [6, 6.07) is 7.53. The van der Waals surface area contributed by atoms with Gasteiger partial charge in [-0.25, -0.2) is 9.37 Å². The number of hydrogen-bond acceptors (Lipinski definition) is 7. The maximum absolute atomic E-state index is 14.0. The van der Waals surface area contributed by atoms with E-state index >= 15 is 0 Å². The molecule has 5 heterocycles. The molecule has 0 saturated carbocycles. The molecule has 0 fully saturated rings. The highest BCUT2D eigenvalue weighted by Crippen LogP contribution is 2.33. The van der Waals surface area contributed by atoms with E-state index in [1.807, 2.05) is 32.9 Å². The van der Waals surface area contributed by atoms with Crippen LogP contribution in [-0.4, -0.2) is 46.1 Å². The summed E-state index contributed by atoms with van der Waals surface area (Å²) < 4.78 is 14.0. The lowest BCUT2D eigenvalue weighted by molar-refractivity contribution is -0.117. The summed E-state index contributed by atoms with van der Waals surface area (Å²) in [5.41, 5.74) is 5.29. The predicted octanol–water partition coefficient (Wildman–Crippen LogP) is 5.84. The fourth-order valence-electron chi connectivity index (χ4n) is 4.58. The number of amides is 1. The average molecular weight is 537 g/mol. The molecule has 0 radical (unpaired) electrons. The molecule has 0 aliphatic carbocycles. The summed E-state index contributed by atoms with van der Waals surface area (Å²) in [6.45, 7) is 6.03. The number of carbonyl (C=O) groups excluding carboxylic acids is 1. The van der Waals surface area contributed by atoms with E-state index < -0.39 is 5.82 Å². The van der Waals surface area contributed by atoms with Crippen molar-refractivity contribution in [1.29, 1.82) is 0 Å². The Labute approximate surface area is 227 Å². The van der Waals surface area contributed by atoms with Gasteiger partial charge in [-0.3, -0.25) is 24.8 Å². The van der Waals surface area contributed by atoms with Crippen molar-refractivity contribution in [3.8, 4) is 39.7 Å². The van der Waals surface area contributed by atoms with Crippen LogP contribution >= 0.6 is 0 Å². The summed E-state index contributed by atoms with van der Waals surface area (Å²) in [6.07, 6.45) is 8.55. The van der Waals surface area contributed by atoms with Crippen molar-refractivity contribution in [2.45, 2.75) is 27.2 Å². The van der Waals surface area contributed by atoms with Gasteiger partial charge in [0.15, 0.2) is 5.82 Å². The first kappa shape index (κ1) is 25.1. The van der Waals surface area contributed by atoms with Crippen LogP contribution < -0.4 is 5.32 Å². The zero-order valence-electron chi connectivity index (χ0n) is 22.0. The van der Waals surface area contributed by atoms with E-state index in [4.69, 9.17) is 4.98 Å². The standard InChI is InChI=1S/C29H25FN8O2/c1-29(2,3)9-25(40)34-18-5-16(10-31-11-18)22-8-20-23(14-33-22)37-38-27(20)28-35-24-13-32-12-21(26(24)36-28)15-4-17(30)7-19(39)6-15/h4-8,10-14,39H,9H2,1-3H3,(H,34,40)(H,35,36)(H,37,38). The normalized spacial score (nSPS) is 11.8. The van der Waals surface area contributed by atoms with Crippen LogP contribution in [-0.2, 0) is 4.79 Å². The van der Waals surface area contributed by atoms with Crippen LogP contribution in [0.25, 0.3) is 55.8 Å². The molecule has 11 heteroatoms. The lowest BCUT2D eigenvalue weighted by Crippen LogP contribution is -2.19. The van der Waals surface area contributed by atoms with Crippen molar-refractivity contribution < 1.29 is 14.3 Å². The molecule has 40 heavy (non-hydrogen) atoms. The maximum Gasteiger partial charge on any atom is 0.224 e. The van der Waals surface area contributed by atoms with Crippen molar-refractivity contribution >= 4 is 33.5 Å². The minimum atomic E-state index is -0.562. The number of nitrogens with zero attached hydrogens (tertiary/aromatic N) is 5. The number of imidazole rings is 1. The van der Waals surface area contributed by atoms with Crippen LogP contribution in [0, 0.1) is 11.2 Å². The molecule has 5 aromatic heterocycles. The smallest absolute Gasteiger partial charge is 0.224 e. The van der Waals surface area contributed by atoms with Gasteiger partial charge < -0.3 is 15.4 Å². The number of halogens is 1. The Kier molecular flexibility index (Phi) is 5.98. The monoisotopic (exact) mass is 536 g/mol. The molecular formula is C29H25FN8O2. The largest absolute Gasteiger partial charge is 0.508 e. The number of carbonyl (C=O) groups is 1. The molecule has 1 aromatic carbocycles. The van der Waals surface area contributed by atoms with Crippen LogP contribution in [0.4, 0.5) is 10.1 Å². The van der Waals surface area contributed by atoms with E-state index in [2.05, 4.69) is 35.5 Å². The third kappa shape index (κ3) is 4.96. The van der Waals surface area contributed by atoms with Crippen LogP contribution in [0.1, 0.15) is 27.2 Å². The number of H-pyrrole nitrogens is 2. The number of phenols is 1. The second kappa shape index (κ2) is 9.53. The van der Waals surface area contributed by atoms with Gasteiger partial charge in [-0.05, 0) is 35.2 Å². The molecule has 6 aromatic rings. The van der Waals surface area contributed by atoms with Gasteiger partial charge in [0, 0.05) is 41.4 Å². The Morgan fingerprint density at radius 2 is 1.80 bits per heavy atom. The molecule has 0 unspecified atom stereocenters. The van der Waals surface area contributed by atoms with Gasteiger partial charge >= 0.3 is 0 Å². The third-order valence-corrected chi connectivity index (χ3v) is 6.27. The average Bonchev–Trinajstić information content (AvgIpc) is 3.50. The number of hydrogen-bond donors (Lipinski definition) is 4. The summed E-state index contributed by atoms with van der Waals surface area (Å²) in [7, 11) is 0. The van der Waals surface area contributed by atoms with E-state index in [1.165, 1.54) is 12.1 Å². The van der Waals surface area contributed by atoms with Crippen LogP contribution in [0.5, 0.6) is 5.75 Å². The number of pyridine rings is 3. The summed E-state index contributed by atoms with van der Waals surface area (Å²) >= 11 is 0. The molecule has 0 spiro atoms. The van der Waals surface area contributed by atoms with Gasteiger partial charge in [-0.1, -0.05) is 20.8 Å². The number of rotatable bonds is 5. The Hall–Kier alpha value is -5.19. The lowest BCUT2D eigenvalue weighted by atomic mass is 9.92. The minimum Gasteiger partial charge on any atom is -0.508 e. The summed E-state index contributed by atoms with van der Waals surface area (Å²) in [4.78, 5) is 33.5. The number of aromatic hydroxyl groups is 1. The van der Waals surface area contributed by atoms with Crippen molar-refractivity contribution in [2.75, 3.05) is 5.32 Å². The van der Waals surface area contributed by atoms with E-state index in [9.17, 15) is 14.3 Å². The molecule has 0 saturated heterocycles. The molecule has 1 amide bonds. The quantitative estimate of drug-likeness (QED) is 0.216. The fraction of sp³-hybridized carbons (Fsp3) is 0.172. The number of fused-ring (bicyclic) bond motifs is 2. The Morgan fingerprint density at radius 3 is 2.60 bits per heavy atom. The molecular weight excluding hydrogens is 511 g/mol. The van der Waals surface area contributed by atoms with Crippen LogP contribution in [0.3, 0.4) is 0 Å². The Balaban J connectivity index is 1.37. The molecule has 10 nitrogen and oxygen atoms in total. The topological polar surface area (TPSA) is 145 Å². The van der Waals surface area contributed by atoms with Gasteiger partial charge in [-0.2, -0.15) is 5.10 Å². The first-order valence-corrected chi connectivity index (χ1v) is 12.6. The molecule has 0 aliphatic heterocycles. The second-order valence-electron chi connectivity index (χ2n) is 10.8. The lowest BCUT2D eigenvalue weighted by Gasteiger charge is -2.17. The van der Waals surface area contributed by atoms with Gasteiger partial charge in [0.05, 0.1) is 46.5 Å². The van der Waals surface area contributed by atoms with Gasteiger partial charge in [-0.15, -0.1) is 0 Å². The van der Waals surface area contributed by atoms with Crippen molar-refractivity contribution in [2.24, 2.45) is 5.41 Å². The van der Waals surface area contributed by atoms with Gasteiger partial charge in [0.2, 0.25) is 5.91 Å². The number of phenolic OH excluding ortho intramolecular Hbond substituents is 1. The van der Waals surface area contributed by atoms with E-state index in [0.29, 0.717) is 57.0 Å². The Bertz CT molecular complexity index is 1880. The van der Waals surface area contributed by atoms with E-state index in [0.717, 1.165) is 17.0 Å². The molecule has 0 bridgehead atoms. The first-order chi connectivity index (χ1) is 19.1.